The third kappa shape index (κ3) is 4.64. The van der Waals surface area contributed by atoms with Gasteiger partial charge in [0.25, 0.3) is 5.91 Å². The number of aromatic nitrogens is 1. The van der Waals surface area contributed by atoms with Crippen molar-refractivity contribution in [2.45, 2.75) is 31.3 Å². The molecule has 31 heavy (non-hydrogen) atoms. The molecule has 2 fully saturated rings. The maximum Gasteiger partial charge on any atom is 0.254 e. The van der Waals surface area contributed by atoms with Crippen LogP contribution in [0.3, 0.4) is 0 Å². The maximum atomic E-state index is 13.6. The van der Waals surface area contributed by atoms with Gasteiger partial charge in [-0.1, -0.05) is 18.2 Å². The molecule has 7 heteroatoms. The Hall–Kier alpha value is -2.34. The number of carbonyl (C=O) groups excluding carboxylic acids is 1. The van der Waals surface area contributed by atoms with E-state index in [0.29, 0.717) is 12.1 Å². The van der Waals surface area contributed by atoms with Crippen LogP contribution in [0.25, 0.3) is 22.2 Å². The molecule has 0 saturated carbocycles. The van der Waals surface area contributed by atoms with E-state index in [1.54, 1.807) is 7.11 Å². The third-order valence-corrected chi connectivity index (χ3v) is 6.14. The second-order valence-electron chi connectivity index (χ2n) is 7.98. The van der Waals surface area contributed by atoms with E-state index < -0.39 is 0 Å². The van der Waals surface area contributed by atoms with E-state index >= 15 is 0 Å². The monoisotopic (exact) mass is 459 g/mol. The number of halogens is 2. The number of fused-ring (bicyclic) bond motifs is 3. The summed E-state index contributed by atoms with van der Waals surface area (Å²) in [7, 11) is 1.66. The van der Waals surface area contributed by atoms with Gasteiger partial charge in [-0.3, -0.25) is 4.79 Å². The lowest BCUT2D eigenvalue weighted by molar-refractivity contribution is 0.0750. The smallest absolute Gasteiger partial charge is 0.254 e. The van der Waals surface area contributed by atoms with E-state index in [1.165, 1.54) is 6.42 Å². The first-order valence-electron chi connectivity index (χ1n) is 10.3. The number of likely N-dealkylation sites (tertiary alicyclic amines) is 1. The van der Waals surface area contributed by atoms with Crippen molar-refractivity contribution in [2.24, 2.45) is 0 Å². The Kier molecular flexibility index (Phi) is 7.42. The van der Waals surface area contributed by atoms with E-state index in [1.807, 2.05) is 59.5 Å². The molecule has 3 aromatic rings. The highest BCUT2D eigenvalue weighted by Gasteiger charge is 2.32. The van der Waals surface area contributed by atoms with Gasteiger partial charge >= 0.3 is 0 Å². The van der Waals surface area contributed by atoms with Crippen LogP contribution in [0, 0.1) is 0 Å². The first-order valence-corrected chi connectivity index (χ1v) is 10.3. The summed E-state index contributed by atoms with van der Waals surface area (Å²) in [5.74, 6) is 0.908. The number of amides is 1. The Morgan fingerprint density at radius 3 is 2.55 bits per heavy atom. The standard InChI is InChI=1S/C24H25N3O2.2ClH/c1-29-19-10-6-16(7-11-19)23-14-21(20-4-2-3-5-22(20)26-23)24(28)27-13-12-17-8-9-18(15-27)25-17;;/h2-7,10-11,14,17-18,25H,8-9,12-13,15H2,1H3;2*1H. The molecule has 1 N–H and O–H groups in total. The van der Waals surface area contributed by atoms with Gasteiger partial charge in [0.2, 0.25) is 0 Å². The first-order chi connectivity index (χ1) is 14.2. The van der Waals surface area contributed by atoms with Crippen molar-refractivity contribution < 1.29 is 9.53 Å². The van der Waals surface area contributed by atoms with Gasteiger partial charge in [0.15, 0.2) is 0 Å². The average molecular weight is 460 g/mol. The normalized spacial score (nSPS) is 19.8. The molecular formula is C24H27Cl2N3O2. The summed E-state index contributed by atoms with van der Waals surface area (Å²) in [5.41, 5.74) is 3.36. The fourth-order valence-corrected chi connectivity index (χ4v) is 4.56. The fraction of sp³-hybridized carbons (Fsp3) is 0.333. The van der Waals surface area contributed by atoms with Gasteiger partial charge < -0.3 is 15.0 Å². The van der Waals surface area contributed by atoms with Crippen LogP contribution in [-0.2, 0) is 0 Å². The van der Waals surface area contributed by atoms with E-state index in [-0.39, 0.29) is 30.7 Å². The summed E-state index contributed by atoms with van der Waals surface area (Å²) in [5, 5.41) is 4.57. The number of benzene rings is 2. The van der Waals surface area contributed by atoms with Crippen LogP contribution in [0.5, 0.6) is 5.75 Å². The van der Waals surface area contributed by atoms with Gasteiger partial charge in [-0.15, -0.1) is 24.8 Å². The number of para-hydroxylation sites is 1. The largest absolute Gasteiger partial charge is 0.497 e. The lowest BCUT2D eigenvalue weighted by atomic mass is 10.0. The van der Waals surface area contributed by atoms with Crippen LogP contribution < -0.4 is 10.1 Å². The molecule has 1 amide bonds. The molecule has 0 spiro atoms. The summed E-state index contributed by atoms with van der Waals surface area (Å²) in [6.45, 7) is 1.59. The molecule has 2 aliphatic rings. The van der Waals surface area contributed by atoms with Crippen molar-refractivity contribution in [1.29, 1.82) is 0 Å². The molecule has 0 radical (unpaired) electrons. The number of methoxy groups -OCH3 is 1. The predicted octanol–water partition coefficient (Wildman–Crippen LogP) is 4.72. The Bertz CT molecular complexity index is 1060. The molecule has 2 bridgehead atoms. The zero-order valence-electron chi connectivity index (χ0n) is 17.4. The summed E-state index contributed by atoms with van der Waals surface area (Å²) in [4.78, 5) is 20.4. The quantitative estimate of drug-likeness (QED) is 0.615. The van der Waals surface area contributed by atoms with Crippen molar-refractivity contribution in [3.05, 3.63) is 60.2 Å². The van der Waals surface area contributed by atoms with Gasteiger partial charge in [0.05, 0.1) is 23.9 Å². The second-order valence-corrected chi connectivity index (χ2v) is 7.98. The molecule has 2 atom stereocenters. The molecule has 0 aliphatic carbocycles. The predicted molar refractivity (Wildman–Crippen MR) is 129 cm³/mol. The lowest BCUT2D eigenvalue weighted by Crippen LogP contribution is -2.39. The maximum absolute atomic E-state index is 13.6. The third-order valence-electron chi connectivity index (χ3n) is 6.14. The van der Waals surface area contributed by atoms with Gasteiger partial charge in [0.1, 0.15) is 5.75 Å². The summed E-state index contributed by atoms with van der Waals surface area (Å²) >= 11 is 0. The van der Waals surface area contributed by atoms with Crippen LogP contribution in [0.1, 0.15) is 29.6 Å². The van der Waals surface area contributed by atoms with Crippen LogP contribution in [0.15, 0.2) is 54.6 Å². The summed E-state index contributed by atoms with van der Waals surface area (Å²) < 4.78 is 5.27. The van der Waals surface area contributed by atoms with Crippen molar-refractivity contribution >= 4 is 41.6 Å². The van der Waals surface area contributed by atoms with Crippen LogP contribution in [0.2, 0.25) is 0 Å². The van der Waals surface area contributed by atoms with E-state index in [2.05, 4.69) is 5.32 Å². The zero-order chi connectivity index (χ0) is 19.8. The number of rotatable bonds is 3. The minimum Gasteiger partial charge on any atom is -0.497 e. The van der Waals surface area contributed by atoms with Crippen molar-refractivity contribution in [3.8, 4) is 17.0 Å². The number of carbonyl (C=O) groups is 1. The van der Waals surface area contributed by atoms with Crippen molar-refractivity contribution in [3.63, 3.8) is 0 Å². The van der Waals surface area contributed by atoms with Crippen LogP contribution in [-0.4, -0.2) is 48.1 Å². The van der Waals surface area contributed by atoms with E-state index in [0.717, 1.165) is 59.4 Å². The first kappa shape index (κ1) is 23.3. The molecular weight excluding hydrogens is 433 g/mol. The highest BCUT2D eigenvalue weighted by molar-refractivity contribution is 6.07. The molecule has 2 unspecified atom stereocenters. The molecule has 5 nitrogen and oxygen atoms in total. The van der Waals surface area contributed by atoms with Gasteiger partial charge in [-0.05, 0) is 55.7 Å². The summed E-state index contributed by atoms with van der Waals surface area (Å²) in [6.07, 6.45) is 3.41. The highest BCUT2D eigenvalue weighted by Crippen LogP contribution is 2.28. The zero-order valence-corrected chi connectivity index (χ0v) is 19.0. The SMILES string of the molecule is COc1ccc(-c2cc(C(=O)N3CCC4CCC(C3)N4)c3ccccc3n2)cc1.Cl.Cl. The minimum atomic E-state index is 0. The van der Waals surface area contributed by atoms with E-state index in [9.17, 15) is 4.79 Å². The number of hydrogen-bond acceptors (Lipinski definition) is 4. The number of pyridine rings is 1. The minimum absolute atomic E-state index is 0. The summed E-state index contributed by atoms with van der Waals surface area (Å²) in [6, 6.07) is 18.6. The van der Waals surface area contributed by atoms with Gasteiger partial charge in [-0.25, -0.2) is 4.98 Å². The Morgan fingerprint density at radius 1 is 1.03 bits per heavy atom. The average Bonchev–Trinajstić information content (AvgIpc) is 3.11. The van der Waals surface area contributed by atoms with Crippen LogP contribution in [0.4, 0.5) is 0 Å². The van der Waals surface area contributed by atoms with Gasteiger partial charge in [-0.2, -0.15) is 0 Å². The Morgan fingerprint density at radius 2 is 1.77 bits per heavy atom. The molecule has 5 rings (SSSR count). The fourth-order valence-electron chi connectivity index (χ4n) is 4.56. The molecule has 164 valence electrons. The van der Waals surface area contributed by atoms with Gasteiger partial charge in [0, 0.05) is 36.1 Å². The topological polar surface area (TPSA) is 54.5 Å². The number of ether oxygens (including phenoxy) is 1. The van der Waals surface area contributed by atoms with Crippen molar-refractivity contribution in [2.75, 3.05) is 20.2 Å². The molecule has 2 saturated heterocycles. The number of hydrogen-bond donors (Lipinski definition) is 1. The molecule has 1 aromatic heterocycles. The van der Waals surface area contributed by atoms with Crippen molar-refractivity contribution in [1.82, 2.24) is 15.2 Å². The Labute approximate surface area is 195 Å². The molecule has 3 heterocycles. The highest BCUT2D eigenvalue weighted by atomic mass is 35.5. The second kappa shape index (κ2) is 9.86. The lowest BCUT2D eigenvalue weighted by Gasteiger charge is -2.25. The Balaban J connectivity index is 0.00000136. The van der Waals surface area contributed by atoms with Crippen LogP contribution >= 0.6 is 24.8 Å². The molecule has 2 aromatic carbocycles. The van der Waals surface area contributed by atoms with E-state index in [4.69, 9.17) is 9.72 Å². The number of nitrogens with zero attached hydrogens (tertiary/aromatic N) is 2. The number of nitrogens with one attached hydrogen (secondary N) is 1. The molecule has 2 aliphatic heterocycles.